The van der Waals surface area contributed by atoms with Crippen molar-refractivity contribution in [2.24, 2.45) is 0 Å². The van der Waals surface area contributed by atoms with Crippen LogP contribution in [-0.4, -0.2) is 50.5 Å². The van der Waals surface area contributed by atoms with E-state index in [1.54, 1.807) is 36.1 Å². The Balaban J connectivity index is 1.52. The third-order valence-electron chi connectivity index (χ3n) is 6.45. The first kappa shape index (κ1) is 23.5. The van der Waals surface area contributed by atoms with Crippen LogP contribution < -0.4 is 4.74 Å². The molecule has 2 aromatic carbocycles. The number of rotatable bonds is 9. The van der Waals surface area contributed by atoms with E-state index in [1.807, 2.05) is 36.2 Å². The number of aliphatic carboxylic acids is 1. The van der Waals surface area contributed by atoms with Crippen molar-refractivity contribution in [1.29, 1.82) is 0 Å². The van der Waals surface area contributed by atoms with E-state index in [9.17, 15) is 14.7 Å². The van der Waals surface area contributed by atoms with Crippen molar-refractivity contribution >= 4 is 11.9 Å². The lowest BCUT2D eigenvalue weighted by atomic mass is 9.83. The van der Waals surface area contributed by atoms with Crippen molar-refractivity contribution in [1.82, 2.24) is 19.9 Å². The number of benzene rings is 2. The molecule has 0 aliphatic carbocycles. The van der Waals surface area contributed by atoms with Gasteiger partial charge >= 0.3 is 5.97 Å². The van der Waals surface area contributed by atoms with Gasteiger partial charge in [0, 0.05) is 31.4 Å². The zero-order valence-electron chi connectivity index (χ0n) is 19.6. The Hall–Kier alpha value is -3.68. The summed E-state index contributed by atoms with van der Waals surface area (Å²) in [6.45, 7) is 3.87. The third-order valence-corrected chi connectivity index (χ3v) is 6.45. The van der Waals surface area contributed by atoms with Crippen molar-refractivity contribution in [3.05, 3.63) is 76.6 Å². The van der Waals surface area contributed by atoms with Crippen LogP contribution in [-0.2, 0) is 30.7 Å². The topological polar surface area (TPSA) is 97.6 Å². The van der Waals surface area contributed by atoms with Gasteiger partial charge < -0.3 is 14.7 Å². The monoisotopic (exact) mass is 462 g/mol. The van der Waals surface area contributed by atoms with Gasteiger partial charge in [-0.15, -0.1) is 5.10 Å². The molecule has 178 valence electrons. The van der Waals surface area contributed by atoms with Crippen molar-refractivity contribution in [2.75, 3.05) is 13.7 Å². The van der Waals surface area contributed by atoms with Gasteiger partial charge in [0.15, 0.2) is 0 Å². The predicted molar refractivity (Wildman–Crippen MR) is 127 cm³/mol. The van der Waals surface area contributed by atoms with Crippen LogP contribution in [0.1, 0.15) is 58.4 Å². The number of nitrogens with zero attached hydrogens (tertiary/aromatic N) is 4. The highest BCUT2D eigenvalue weighted by molar-refractivity contribution is 5.94. The molecule has 0 saturated carbocycles. The normalized spacial score (nSPS) is 13.9. The number of carbonyl (C=O) groups excluding carboxylic acids is 1. The fourth-order valence-electron chi connectivity index (χ4n) is 4.62. The second-order valence-corrected chi connectivity index (χ2v) is 8.59. The lowest BCUT2D eigenvalue weighted by molar-refractivity contribution is -0.137. The van der Waals surface area contributed by atoms with Crippen LogP contribution >= 0.6 is 0 Å². The van der Waals surface area contributed by atoms with Crippen LogP contribution in [0.15, 0.2) is 48.7 Å². The summed E-state index contributed by atoms with van der Waals surface area (Å²) in [5.41, 5.74) is 4.82. The molecule has 8 nitrogen and oxygen atoms in total. The number of fused-ring (bicyclic) bond motifs is 1. The van der Waals surface area contributed by atoms with Crippen LogP contribution in [0.25, 0.3) is 0 Å². The number of ether oxygens (including phenoxy) is 1. The number of methoxy groups -OCH3 is 1. The standard InChI is InChI=1S/C26H30N4O4/c1-3-30-17-21(27-28-30)10-7-19(15-25(31)32)23-6-4-5-20-16-29(14-13-24(20)23)26(33)18-8-11-22(34-2)12-9-18/h4-6,8-9,11-12,17,19H,3,7,10,13-16H2,1-2H3,(H,31,32). The average molecular weight is 463 g/mol. The zero-order chi connectivity index (χ0) is 24.1. The van der Waals surface area contributed by atoms with Crippen LogP contribution in [0.2, 0.25) is 0 Å². The van der Waals surface area contributed by atoms with Crippen LogP contribution in [0.3, 0.4) is 0 Å². The van der Waals surface area contributed by atoms with Crippen LogP contribution in [0.4, 0.5) is 0 Å². The molecule has 1 amide bonds. The first-order valence-electron chi connectivity index (χ1n) is 11.6. The van der Waals surface area contributed by atoms with E-state index in [-0.39, 0.29) is 18.2 Å². The molecule has 1 aliphatic heterocycles. The minimum atomic E-state index is -0.813. The fraction of sp³-hybridized carbons (Fsp3) is 0.385. The highest BCUT2D eigenvalue weighted by atomic mass is 16.5. The summed E-state index contributed by atoms with van der Waals surface area (Å²) in [4.78, 5) is 26.6. The van der Waals surface area contributed by atoms with E-state index in [1.165, 1.54) is 5.56 Å². The van der Waals surface area contributed by atoms with E-state index >= 15 is 0 Å². The highest BCUT2D eigenvalue weighted by Gasteiger charge is 2.27. The Bertz CT molecular complexity index is 1160. The Kier molecular flexibility index (Phi) is 7.25. The van der Waals surface area contributed by atoms with Crippen molar-refractivity contribution < 1.29 is 19.4 Å². The molecule has 1 aromatic heterocycles. The molecule has 2 heterocycles. The van der Waals surface area contributed by atoms with Crippen molar-refractivity contribution in [2.45, 2.75) is 51.6 Å². The molecule has 1 unspecified atom stereocenters. The molecule has 1 N–H and O–H groups in total. The van der Waals surface area contributed by atoms with E-state index in [4.69, 9.17) is 4.74 Å². The Morgan fingerprint density at radius 1 is 1.18 bits per heavy atom. The summed E-state index contributed by atoms with van der Waals surface area (Å²) in [6.07, 6.45) is 4.03. The smallest absolute Gasteiger partial charge is 0.303 e. The van der Waals surface area contributed by atoms with Gasteiger partial charge in [0.2, 0.25) is 0 Å². The molecular formula is C26H30N4O4. The predicted octanol–water partition coefficient (Wildman–Crippen LogP) is 3.70. The first-order valence-corrected chi connectivity index (χ1v) is 11.6. The Morgan fingerprint density at radius 3 is 2.65 bits per heavy atom. The van der Waals surface area contributed by atoms with Gasteiger partial charge in [0.05, 0.1) is 19.2 Å². The minimum Gasteiger partial charge on any atom is -0.497 e. The number of hydrogen-bond donors (Lipinski definition) is 1. The highest BCUT2D eigenvalue weighted by Crippen LogP contribution is 2.33. The van der Waals surface area contributed by atoms with E-state index in [0.29, 0.717) is 43.7 Å². The zero-order valence-corrected chi connectivity index (χ0v) is 19.6. The molecule has 3 aromatic rings. The van der Waals surface area contributed by atoms with Gasteiger partial charge in [-0.3, -0.25) is 14.3 Å². The van der Waals surface area contributed by atoms with Gasteiger partial charge in [0.1, 0.15) is 5.75 Å². The van der Waals surface area contributed by atoms with Crippen LogP contribution in [0, 0.1) is 0 Å². The molecule has 0 spiro atoms. The molecular weight excluding hydrogens is 432 g/mol. The maximum absolute atomic E-state index is 13.1. The number of carboxylic acid groups (broad SMARTS) is 1. The van der Waals surface area contributed by atoms with E-state index in [0.717, 1.165) is 23.4 Å². The summed E-state index contributed by atoms with van der Waals surface area (Å²) in [6, 6.07) is 13.2. The van der Waals surface area contributed by atoms with Gasteiger partial charge in [0.25, 0.3) is 5.91 Å². The van der Waals surface area contributed by atoms with Gasteiger partial charge in [-0.05, 0) is 73.1 Å². The number of aromatic nitrogens is 3. The molecule has 0 bridgehead atoms. The average Bonchev–Trinajstić information content (AvgIpc) is 3.33. The fourth-order valence-corrected chi connectivity index (χ4v) is 4.62. The lowest BCUT2D eigenvalue weighted by Crippen LogP contribution is -2.36. The third kappa shape index (κ3) is 5.27. The largest absolute Gasteiger partial charge is 0.497 e. The van der Waals surface area contributed by atoms with Gasteiger partial charge in [-0.1, -0.05) is 23.4 Å². The van der Waals surface area contributed by atoms with Crippen molar-refractivity contribution in [3.8, 4) is 5.75 Å². The van der Waals surface area contributed by atoms with Gasteiger partial charge in [-0.2, -0.15) is 0 Å². The number of aryl methyl sites for hydroxylation is 2. The number of amides is 1. The lowest BCUT2D eigenvalue weighted by Gasteiger charge is -2.32. The van der Waals surface area contributed by atoms with Gasteiger partial charge in [-0.25, -0.2) is 0 Å². The second-order valence-electron chi connectivity index (χ2n) is 8.59. The molecule has 1 atom stereocenters. The van der Waals surface area contributed by atoms with Crippen molar-refractivity contribution in [3.63, 3.8) is 0 Å². The molecule has 0 fully saturated rings. The summed E-state index contributed by atoms with van der Waals surface area (Å²) in [5, 5.41) is 17.9. The molecule has 4 rings (SSSR count). The maximum Gasteiger partial charge on any atom is 0.303 e. The van der Waals surface area contributed by atoms with E-state index < -0.39 is 5.97 Å². The second kappa shape index (κ2) is 10.5. The summed E-state index contributed by atoms with van der Waals surface area (Å²) in [5.74, 6) is -0.235. The Morgan fingerprint density at radius 2 is 1.97 bits per heavy atom. The molecule has 1 aliphatic rings. The molecule has 0 radical (unpaired) electrons. The number of carboxylic acids is 1. The quantitative estimate of drug-likeness (QED) is 0.521. The summed E-state index contributed by atoms with van der Waals surface area (Å²) < 4.78 is 6.96. The summed E-state index contributed by atoms with van der Waals surface area (Å²) >= 11 is 0. The Labute approximate surface area is 199 Å². The SMILES string of the molecule is CCn1cc(CCC(CC(=O)O)c2cccc3c2CCN(C(=O)c2ccc(OC)cc2)C3)nn1. The number of carbonyl (C=O) groups is 2. The first-order chi connectivity index (χ1) is 16.5. The summed E-state index contributed by atoms with van der Waals surface area (Å²) in [7, 11) is 1.60. The van der Waals surface area contributed by atoms with E-state index in [2.05, 4.69) is 10.3 Å². The van der Waals surface area contributed by atoms with Crippen LogP contribution in [0.5, 0.6) is 5.75 Å². The molecule has 34 heavy (non-hydrogen) atoms. The minimum absolute atomic E-state index is 0.0141. The number of hydrogen-bond acceptors (Lipinski definition) is 5. The molecule has 0 saturated heterocycles. The maximum atomic E-state index is 13.1. The molecule has 8 heteroatoms.